The molecule has 8 heteroatoms. The molecule has 0 spiro atoms. The first kappa shape index (κ1) is 15.0. The summed E-state index contributed by atoms with van der Waals surface area (Å²) in [7, 11) is -2.15. The number of benzene rings is 1. The first-order valence-corrected chi connectivity index (χ1v) is 8.19. The quantitative estimate of drug-likeness (QED) is 0.847. The number of hydrogen-bond donors (Lipinski definition) is 2. The number of thiazole rings is 1. The second-order valence-electron chi connectivity index (χ2n) is 4.09. The van der Waals surface area contributed by atoms with Crippen LogP contribution in [0.25, 0.3) is 0 Å². The van der Waals surface area contributed by atoms with Crippen molar-refractivity contribution in [1.82, 2.24) is 15.0 Å². The topological polar surface area (TPSA) is 71.1 Å². The Bertz CT molecular complexity index is 672. The van der Waals surface area contributed by atoms with Crippen molar-refractivity contribution in [2.75, 3.05) is 7.05 Å². The van der Waals surface area contributed by atoms with E-state index in [1.807, 2.05) is 0 Å². The maximum atomic E-state index is 13.7. The fourth-order valence-corrected chi connectivity index (χ4v) is 3.40. The Labute approximate surface area is 120 Å². The minimum atomic E-state index is -3.88. The summed E-state index contributed by atoms with van der Waals surface area (Å²) < 4.78 is 40.3. The van der Waals surface area contributed by atoms with E-state index in [0.717, 1.165) is 10.9 Å². The number of aromatic nitrogens is 1. The lowest BCUT2D eigenvalue weighted by Crippen LogP contribution is -2.24. The second-order valence-corrected chi connectivity index (χ2v) is 6.79. The molecule has 2 aromatic rings. The molecule has 0 fully saturated rings. The minimum absolute atomic E-state index is 0.0999. The molecule has 0 atom stereocenters. The first-order valence-electron chi connectivity index (χ1n) is 5.83. The predicted octanol–water partition coefficient (Wildman–Crippen LogP) is 1.48. The van der Waals surface area contributed by atoms with Gasteiger partial charge in [0.2, 0.25) is 10.0 Å². The molecule has 0 saturated carbocycles. The van der Waals surface area contributed by atoms with E-state index in [-0.39, 0.29) is 11.4 Å². The fraction of sp³-hybridized carbons (Fsp3) is 0.250. The smallest absolute Gasteiger partial charge is 0.243 e. The number of nitrogens with one attached hydrogen (secondary N) is 2. The molecule has 0 radical (unpaired) electrons. The summed E-state index contributed by atoms with van der Waals surface area (Å²) in [5.74, 6) is -0.762. The minimum Gasteiger partial charge on any atom is -0.316 e. The van der Waals surface area contributed by atoms with Crippen LogP contribution >= 0.6 is 11.3 Å². The van der Waals surface area contributed by atoms with Crippen LogP contribution in [0.15, 0.2) is 34.8 Å². The molecule has 0 amide bonds. The zero-order chi connectivity index (χ0) is 14.6. The summed E-state index contributed by atoms with van der Waals surface area (Å²) in [5.41, 5.74) is 2.31. The molecule has 20 heavy (non-hydrogen) atoms. The predicted molar refractivity (Wildman–Crippen MR) is 75.3 cm³/mol. The number of halogens is 1. The third kappa shape index (κ3) is 3.60. The van der Waals surface area contributed by atoms with Gasteiger partial charge in [-0.1, -0.05) is 6.07 Å². The molecule has 1 aromatic heterocycles. The van der Waals surface area contributed by atoms with Gasteiger partial charge in [0, 0.05) is 24.2 Å². The second kappa shape index (κ2) is 6.40. The summed E-state index contributed by atoms with van der Waals surface area (Å²) in [6.07, 6.45) is 1.57. The molecule has 0 aliphatic heterocycles. The van der Waals surface area contributed by atoms with Gasteiger partial charge in [0.25, 0.3) is 0 Å². The van der Waals surface area contributed by atoms with Crippen molar-refractivity contribution >= 4 is 21.4 Å². The highest BCUT2D eigenvalue weighted by molar-refractivity contribution is 7.89. The van der Waals surface area contributed by atoms with Gasteiger partial charge >= 0.3 is 0 Å². The third-order valence-electron chi connectivity index (χ3n) is 2.59. The molecule has 5 nitrogen and oxygen atoms in total. The van der Waals surface area contributed by atoms with E-state index in [4.69, 9.17) is 0 Å². The van der Waals surface area contributed by atoms with Gasteiger partial charge in [-0.25, -0.2) is 17.5 Å². The van der Waals surface area contributed by atoms with Crippen molar-refractivity contribution in [3.8, 4) is 0 Å². The van der Waals surface area contributed by atoms with E-state index in [0.29, 0.717) is 12.1 Å². The van der Waals surface area contributed by atoms with Crippen LogP contribution in [0.5, 0.6) is 0 Å². The van der Waals surface area contributed by atoms with Gasteiger partial charge < -0.3 is 5.32 Å². The van der Waals surface area contributed by atoms with E-state index in [9.17, 15) is 12.8 Å². The molecule has 0 unspecified atom stereocenters. The Hall–Kier alpha value is -1.35. The molecule has 0 bridgehead atoms. The number of nitrogens with zero attached hydrogens (tertiary/aromatic N) is 1. The van der Waals surface area contributed by atoms with Crippen molar-refractivity contribution in [3.05, 3.63) is 46.2 Å². The molecule has 2 N–H and O–H groups in total. The van der Waals surface area contributed by atoms with E-state index in [1.165, 1.54) is 17.4 Å². The van der Waals surface area contributed by atoms with Crippen LogP contribution in [0.2, 0.25) is 0 Å². The van der Waals surface area contributed by atoms with Gasteiger partial charge in [-0.15, -0.1) is 11.3 Å². The van der Waals surface area contributed by atoms with Crippen LogP contribution < -0.4 is 10.0 Å². The fourth-order valence-electron chi connectivity index (χ4n) is 1.64. The molecule has 0 aliphatic carbocycles. The van der Waals surface area contributed by atoms with Crippen LogP contribution in [0.1, 0.15) is 10.4 Å². The lowest BCUT2D eigenvalue weighted by atomic mass is 10.2. The summed E-state index contributed by atoms with van der Waals surface area (Å²) in [6.45, 7) is 0.570. The highest BCUT2D eigenvalue weighted by atomic mass is 32.2. The molecule has 0 aliphatic rings. The summed E-state index contributed by atoms with van der Waals surface area (Å²) in [5, 5.41) is 2.89. The normalized spacial score (nSPS) is 11.7. The van der Waals surface area contributed by atoms with E-state index in [1.54, 1.807) is 24.8 Å². The summed E-state index contributed by atoms with van der Waals surface area (Å²) >= 11 is 1.33. The van der Waals surface area contributed by atoms with Gasteiger partial charge in [0.1, 0.15) is 10.7 Å². The Balaban J connectivity index is 2.21. The lowest BCUT2D eigenvalue weighted by Gasteiger charge is -2.08. The highest BCUT2D eigenvalue weighted by Gasteiger charge is 2.19. The Morgan fingerprint density at radius 3 is 2.80 bits per heavy atom. The average Bonchev–Trinajstić information content (AvgIpc) is 2.92. The molecular weight excluding hydrogens is 301 g/mol. The van der Waals surface area contributed by atoms with E-state index in [2.05, 4.69) is 15.0 Å². The first-order chi connectivity index (χ1) is 9.53. The van der Waals surface area contributed by atoms with Crippen LogP contribution in [-0.4, -0.2) is 20.4 Å². The maximum Gasteiger partial charge on any atom is 0.243 e. The standard InChI is InChI=1S/C12H14FN3O2S2/c1-14-5-9-2-3-11(13)12(4-9)20(17,18)16-7-10-6-15-8-19-10/h2-4,6,8,14,16H,5,7H2,1H3. The maximum absolute atomic E-state index is 13.7. The Kier molecular flexibility index (Phi) is 4.81. The van der Waals surface area contributed by atoms with Crippen molar-refractivity contribution in [2.24, 2.45) is 0 Å². The molecular formula is C12H14FN3O2S2. The lowest BCUT2D eigenvalue weighted by molar-refractivity contribution is 0.556. The van der Waals surface area contributed by atoms with Crippen LogP contribution in [0.3, 0.4) is 0 Å². The molecule has 0 saturated heterocycles. The van der Waals surface area contributed by atoms with Crippen LogP contribution in [-0.2, 0) is 23.1 Å². The van der Waals surface area contributed by atoms with E-state index >= 15 is 0 Å². The van der Waals surface area contributed by atoms with Crippen LogP contribution in [0.4, 0.5) is 4.39 Å². The van der Waals surface area contributed by atoms with Gasteiger partial charge in [-0.3, -0.25) is 4.98 Å². The van der Waals surface area contributed by atoms with Gasteiger partial charge in [-0.2, -0.15) is 0 Å². The van der Waals surface area contributed by atoms with Crippen molar-refractivity contribution < 1.29 is 12.8 Å². The molecule has 2 rings (SSSR count). The number of hydrogen-bond acceptors (Lipinski definition) is 5. The average molecular weight is 315 g/mol. The highest BCUT2D eigenvalue weighted by Crippen LogP contribution is 2.17. The molecule has 1 aromatic carbocycles. The van der Waals surface area contributed by atoms with Crippen molar-refractivity contribution in [2.45, 2.75) is 18.0 Å². The van der Waals surface area contributed by atoms with Gasteiger partial charge in [0.15, 0.2) is 0 Å². The summed E-state index contributed by atoms with van der Waals surface area (Å²) in [4.78, 5) is 4.28. The number of rotatable bonds is 6. The molecule has 108 valence electrons. The van der Waals surface area contributed by atoms with Gasteiger partial charge in [0.05, 0.1) is 5.51 Å². The number of sulfonamides is 1. The van der Waals surface area contributed by atoms with E-state index < -0.39 is 15.8 Å². The largest absolute Gasteiger partial charge is 0.316 e. The van der Waals surface area contributed by atoms with Crippen molar-refractivity contribution in [1.29, 1.82) is 0 Å². The Morgan fingerprint density at radius 1 is 1.35 bits per heavy atom. The van der Waals surface area contributed by atoms with Gasteiger partial charge in [-0.05, 0) is 24.7 Å². The van der Waals surface area contributed by atoms with Crippen LogP contribution in [0, 0.1) is 5.82 Å². The summed E-state index contributed by atoms with van der Waals surface area (Å²) in [6, 6.07) is 4.04. The van der Waals surface area contributed by atoms with Crippen molar-refractivity contribution in [3.63, 3.8) is 0 Å². The zero-order valence-electron chi connectivity index (χ0n) is 10.8. The zero-order valence-corrected chi connectivity index (χ0v) is 12.4. The Morgan fingerprint density at radius 2 is 2.15 bits per heavy atom. The molecule has 1 heterocycles. The monoisotopic (exact) mass is 315 g/mol. The third-order valence-corrected chi connectivity index (χ3v) is 4.78. The SMILES string of the molecule is CNCc1ccc(F)c(S(=O)(=O)NCc2cncs2)c1.